The second kappa shape index (κ2) is 7.30. The molecule has 0 fully saturated rings. The lowest BCUT2D eigenvalue weighted by atomic mass is 10.1. The van der Waals surface area contributed by atoms with Gasteiger partial charge in [0.05, 0.1) is 6.10 Å². The van der Waals surface area contributed by atoms with Gasteiger partial charge in [0.25, 0.3) is 0 Å². The molecule has 3 nitrogen and oxygen atoms in total. The summed E-state index contributed by atoms with van der Waals surface area (Å²) in [5.41, 5.74) is 2.16. The Morgan fingerprint density at radius 1 is 1.29 bits per heavy atom. The molecule has 1 aromatic rings. The Kier molecular flexibility index (Phi) is 6.01. The molecule has 0 saturated heterocycles. The van der Waals surface area contributed by atoms with Gasteiger partial charge in [-0.25, -0.2) is 0 Å². The van der Waals surface area contributed by atoms with Gasteiger partial charge >= 0.3 is 0 Å². The van der Waals surface area contributed by atoms with E-state index in [2.05, 4.69) is 24.1 Å². The van der Waals surface area contributed by atoms with Crippen LogP contribution < -0.4 is 4.90 Å². The molecule has 1 rings (SSSR count). The van der Waals surface area contributed by atoms with Gasteiger partial charge in [0.2, 0.25) is 0 Å². The lowest BCUT2D eigenvalue weighted by molar-refractivity contribution is 0.173. The van der Waals surface area contributed by atoms with Gasteiger partial charge in [-0.2, -0.15) is 0 Å². The minimum Gasteiger partial charge on any atom is -0.388 e. The first-order valence-electron chi connectivity index (χ1n) is 6.17. The SMILES string of the molecule is CC[C@@H](O)c1ccc(N(C)CCCOC)cc1. The second-order valence-electron chi connectivity index (χ2n) is 4.28. The van der Waals surface area contributed by atoms with Crippen molar-refractivity contribution in [3.63, 3.8) is 0 Å². The van der Waals surface area contributed by atoms with Crippen molar-refractivity contribution in [2.75, 3.05) is 32.2 Å². The zero-order chi connectivity index (χ0) is 12.7. The third-order valence-corrected chi connectivity index (χ3v) is 2.95. The number of nitrogens with zero attached hydrogens (tertiary/aromatic N) is 1. The maximum absolute atomic E-state index is 9.70. The minimum absolute atomic E-state index is 0.345. The van der Waals surface area contributed by atoms with Crippen molar-refractivity contribution in [2.45, 2.75) is 25.9 Å². The van der Waals surface area contributed by atoms with Crippen molar-refractivity contribution < 1.29 is 9.84 Å². The van der Waals surface area contributed by atoms with Gasteiger partial charge in [-0.1, -0.05) is 19.1 Å². The van der Waals surface area contributed by atoms with Crippen LogP contribution in [0.5, 0.6) is 0 Å². The first-order chi connectivity index (χ1) is 8.19. The van der Waals surface area contributed by atoms with Crippen LogP contribution in [0.2, 0.25) is 0 Å². The van der Waals surface area contributed by atoms with E-state index < -0.39 is 0 Å². The first kappa shape index (κ1) is 14.0. The standard InChI is InChI=1S/C14H23NO2/c1-4-14(16)12-6-8-13(9-7-12)15(2)10-5-11-17-3/h6-9,14,16H,4-5,10-11H2,1-3H3/t14-/m1/s1. The number of hydrogen-bond donors (Lipinski definition) is 1. The maximum atomic E-state index is 9.70. The molecular formula is C14H23NO2. The van der Waals surface area contributed by atoms with Crippen LogP contribution in [0.25, 0.3) is 0 Å². The predicted octanol–water partition coefficient (Wildman–Crippen LogP) is 2.60. The summed E-state index contributed by atoms with van der Waals surface area (Å²) in [6, 6.07) is 8.11. The number of benzene rings is 1. The zero-order valence-electron chi connectivity index (χ0n) is 11.0. The monoisotopic (exact) mass is 237 g/mol. The van der Waals surface area contributed by atoms with Gasteiger partial charge in [-0.15, -0.1) is 0 Å². The molecule has 0 unspecified atom stereocenters. The summed E-state index contributed by atoms with van der Waals surface area (Å²) >= 11 is 0. The lowest BCUT2D eigenvalue weighted by Crippen LogP contribution is -2.19. The molecular weight excluding hydrogens is 214 g/mol. The highest BCUT2D eigenvalue weighted by molar-refractivity contribution is 5.47. The number of rotatable bonds is 7. The van der Waals surface area contributed by atoms with Gasteiger partial charge in [-0.3, -0.25) is 0 Å². The molecule has 0 aliphatic rings. The molecule has 1 atom stereocenters. The zero-order valence-corrected chi connectivity index (χ0v) is 11.0. The smallest absolute Gasteiger partial charge is 0.0787 e. The summed E-state index contributed by atoms with van der Waals surface area (Å²) in [6.45, 7) is 3.75. The summed E-state index contributed by atoms with van der Waals surface area (Å²) in [5, 5.41) is 9.70. The van der Waals surface area contributed by atoms with Crippen molar-refractivity contribution in [3.8, 4) is 0 Å². The summed E-state index contributed by atoms with van der Waals surface area (Å²) < 4.78 is 5.03. The molecule has 0 aliphatic heterocycles. The lowest BCUT2D eigenvalue weighted by Gasteiger charge is -2.20. The number of aliphatic hydroxyl groups is 1. The number of anilines is 1. The van der Waals surface area contributed by atoms with E-state index in [0.717, 1.165) is 31.6 Å². The summed E-state index contributed by atoms with van der Waals surface area (Å²) in [7, 11) is 3.79. The molecule has 1 aromatic carbocycles. The summed E-state index contributed by atoms with van der Waals surface area (Å²) in [5.74, 6) is 0. The van der Waals surface area contributed by atoms with Crippen LogP contribution in [0.1, 0.15) is 31.4 Å². The summed E-state index contributed by atoms with van der Waals surface area (Å²) in [4.78, 5) is 2.20. The van der Waals surface area contributed by atoms with Crippen molar-refractivity contribution in [2.24, 2.45) is 0 Å². The van der Waals surface area contributed by atoms with Crippen molar-refractivity contribution >= 4 is 5.69 Å². The van der Waals surface area contributed by atoms with Crippen LogP contribution in [0.4, 0.5) is 5.69 Å². The fourth-order valence-electron chi connectivity index (χ4n) is 1.76. The Labute approximate surface area is 104 Å². The largest absolute Gasteiger partial charge is 0.388 e. The average molecular weight is 237 g/mol. The van der Waals surface area contributed by atoms with Crippen LogP contribution >= 0.6 is 0 Å². The molecule has 17 heavy (non-hydrogen) atoms. The molecule has 0 aliphatic carbocycles. The van der Waals surface area contributed by atoms with E-state index in [1.807, 2.05) is 19.1 Å². The van der Waals surface area contributed by atoms with Gasteiger partial charge in [-0.05, 0) is 30.5 Å². The number of hydrogen-bond acceptors (Lipinski definition) is 3. The maximum Gasteiger partial charge on any atom is 0.0787 e. The van der Waals surface area contributed by atoms with Gasteiger partial charge in [0.15, 0.2) is 0 Å². The van der Waals surface area contributed by atoms with Crippen LogP contribution in [0, 0.1) is 0 Å². The fraction of sp³-hybridized carbons (Fsp3) is 0.571. The van der Waals surface area contributed by atoms with E-state index in [1.54, 1.807) is 7.11 Å². The molecule has 0 bridgehead atoms. The molecule has 1 N–H and O–H groups in total. The molecule has 96 valence electrons. The van der Waals surface area contributed by atoms with E-state index >= 15 is 0 Å². The Bertz CT molecular complexity index is 311. The normalized spacial score (nSPS) is 12.5. The Morgan fingerprint density at radius 2 is 1.94 bits per heavy atom. The van der Waals surface area contributed by atoms with Crippen LogP contribution in [-0.2, 0) is 4.74 Å². The van der Waals surface area contributed by atoms with Crippen LogP contribution in [0.15, 0.2) is 24.3 Å². The molecule has 0 amide bonds. The highest BCUT2D eigenvalue weighted by Crippen LogP contribution is 2.20. The Balaban J connectivity index is 2.54. The molecule has 3 heteroatoms. The predicted molar refractivity (Wildman–Crippen MR) is 71.5 cm³/mol. The molecule has 0 spiro atoms. The second-order valence-corrected chi connectivity index (χ2v) is 4.28. The third-order valence-electron chi connectivity index (χ3n) is 2.95. The Hall–Kier alpha value is -1.06. The minimum atomic E-state index is -0.345. The van der Waals surface area contributed by atoms with Gasteiger partial charge < -0.3 is 14.7 Å². The van der Waals surface area contributed by atoms with E-state index in [1.165, 1.54) is 5.69 Å². The highest BCUT2D eigenvalue weighted by Gasteiger charge is 2.05. The topological polar surface area (TPSA) is 32.7 Å². The van der Waals surface area contributed by atoms with Gasteiger partial charge in [0.1, 0.15) is 0 Å². The number of aliphatic hydroxyl groups excluding tert-OH is 1. The quantitative estimate of drug-likeness (QED) is 0.740. The Morgan fingerprint density at radius 3 is 2.47 bits per heavy atom. The molecule has 0 aromatic heterocycles. The van der Waals surface area contributed by atoms with E-state index in [0.29, 0.717) is 0 Å². The fourth-order valence-corrected chi connectivity index (χ4v) is 1.76. The van der Waals surface area contributed by atoms with Crippen LogP contribution in [0.3, 0.4) is 0 Å². The molecule has 0 heterocycles. The van der Waals surface area contributed by atoms with E-state index in [-0.39, 0.29) is 6.10 Å². The van der Waals surface area contributed by atoms with Crippen LogP contribution in [-0.4, -0.2) is 32.4 Å². The molecule has 0 saturated carbocycles. The highest BCUT2D eigenvalue weighted by atomic mass is 16.5. The van der Waals surface area contributed by atoms with Crippen molar-refractivity contribution in [3.05, 3.63) is 29.8 Å². The molecule has 0 radical (unpaired) electrons. The number of ether oxygens (including phenoxy) is 1. The van der Waals surface area contributed by atoms with Gasteiger partial charge in [0, 0.05) is 33.0 Å². The first-order valence-corrected chi connectivity index (χ1v) is 6.17. The summed E-state index contributed by atoms with van der Waals surface area (Å²) in [6.07, 6.45) is 1.43. The number of methoxy groups -OCH3 is 1. The van der Waals surface area contributed by atoms with E-state index in [9.17, 15) is 5.11 Å². The third kappa shape index (κ3) is 4.36. The van der Waals surface area contributed by atoms with E-state index in [4.69, 9.17) is 4.74 Å². The van der Waals surface area contributed by atoms with Crippen molar-refractivity contribution in [1.29, 1.82) is 0 Å². The average Bonchev–Trinajstić information content (AvgIpc) is 2.38. The van der Waals surface area contributed by atoms with Crippen molar-refractivity contribution in [1.82, 2.24) is 0 Å².